The molecule has 7 heteroatoms. The molecule has 0 amide bonds. The van der Waals surface area contributed by atoms with Crippen molar-refractivity contribution in [3.63, 3.8) is 0 Å². The van der Waals surface area contributed by atoms with Gasteiger partial charge in [-0.25, -0.2) is 4.98 Å². The maximum atomic E-state index is 6.21. The summed E-state index contributed by atoms with van der Waals surface area (Å²) in [7, 11) is 3.49. The Bertz CT molecular complexity index is 1090. The molecule has 0 spiro atoms. The van der Waals surface area contributed by atoms with E-state index in [2.05, 4.69) is 58.6 Å². The van der Waals surface area contributed by atoms with Crippen LogP contribution in [-0.4, -0.2) is 60.6 Å². The minimum Gasteiger partial charge on any atom is -0.493 e. The Hall–Kier alpha value is -3.03. The second-order valence-electron chi connectivity index (χ2n) is 9.71. The minimum atomic E-state index is -0.253. The van der Waals surface area contributed by atoms with E-state index in [4.69, 9.17) is 18.9 Å². The molecule has 7 nitrogen and oxygen atoms in total. The van der Waals surface area contributed by atoms with Gasteiger partial charge in [0, 0.05) is 45.7 Å². The molecule has 0 unspecified atom stereocenters. The molecule has 1 aliphatic heterocycles. The Kier molecular flexibility index (Phi) is 8.88. The van der Waals surface area contributed by atoms with E-state index in [1.165, 1.54) is 11.1 Å². The monoisotopic (exact) mass is 493 g/mol. The number of aryl methyl sites for hydroxylation is 3. The average molecular weight is 494 g/mol. The Morgan fingerprint density at radius 1 is 0.944 bits per heavy atom. The van der Waals surface area contributed by atoms with Crippen LogP contribution in [0, 0.1) is 13.8 Å². The number of piperidine rings is 1. The van der Waals surface area contributed by atoms with Gasteiger partial charge in [0.15, 0.2) is 11.5 Å². The molecule has 4 rings (SSSR count). The zero-order valence-corrected chi connectivity index (χ0v) is 22.0. The van der Waals surface area contributed by atoms with Crippen molar-refractivity contribution in [2.45, 2.75) is 51.8 Å². The Morgan fingerprint density at radius 2 is 1.75 bits per heavy atom. The third kappa shape index (κ3) is 6.80. The summed E-state index contributed by atoms with van der Waals surface area (Å²) in [6, 6.07) is 12.5. The SMILES string of the molecule is COc1ccc(CN2CCC(COc3ccc(C)cc3C)(OC)CC2)cc1OCCCn1ccnc1. The molecule has 2 aromatic carbocycles. The third-order valence-electron chi connectivity index (χ3n) is 7.03. The predicted octanol–water partition coefficient (Wildman–Crippen LogP) is 5.04. The van der Waals surface area contributed by atoms with E-state index in [0.29, 0.717) is 13.2 Å². The van der Waals surface area contributed by atoms with Gasteiger partial charge in [-0.05, 0) is 62.4 Å². The van der Waals surface area contributed by atoms with Crippen LogP contribution >= 0.6 is 0 Å². The van der Waals surface area contributed by atoms with Crippen molar-refractivity contribution in [1.29, 1.82) is 0 Å². The van der Waals surface area contributed by atoms with E-state index >= 15 is 0 Å². The number of rotatable bonds is 12. The highest BCUT2D eigenvalue weighted by Crippen LogP contribution is 2.31. The normalized spacial score (nSPS) is 15.6. The average Bonchev–Trinajstić information content (AvgIpc) is 3.41. The van der Waals surface area contributed by atoms with Gasteiger partial charge in [-0.3, -0.25) is 4.90 Å². The van der Waals surface area contributed by atoms with Crippen molar-refractivity contribution >= 4 is 0 Å². The van der Waals surface area contributed by atoms with Gasteiger partial charge < -0.3 is 23.5 Å². The molecule has 0 radical (unpaired) electrons. The number of methoxy groups -OCH3 is 2. The van der Waals surface area contributed by atoms with Crippen LogP contribution in [0.3, 0.4) is 0 Å². The summed E-state index contributed by atoms with van der Waals surface area (Å²) in [5.41, 5.74) is 3.38. The van der Waals surface area contributed by atoms with Crippen LogP contribution < -0.4 is 14.2 Å². The number of likely N-dealkylation sites (tertiary alicyclic amines) is 1. The van der Waals surface area contributed by atoms with Gasteiger partial charge in [-0.1, -0.05) is 23.8 Å². The molecule has 2 heterocycles. The number of imidazole rings is 1. The zero-order valence-electron chi connectivity index (χ0n) is 22.0. The first-order valence-electron chi connectivity index (χ1n) is 12.7. The maximum absolute atomic E-state index is 6.21. The highest BCUT2D eigenvalue weighted by Gasteiger charge is 2.35. The zero-order chi connectivity index (χ0) is 25.4. The van der Waals surface area contributed by atoms with E-state index in [0.717, 1.165) is 68.3 Å². The van der Waals surface area contributed by atoms with Gasteiger partial charge in [-0.15, -0.1) is 0 Å². The predicted molar refractivity (Wildman–Crippen MR) is 141 cm³/mol. The minimum absolute atomic E-state index is 0.253. The largest absolute Gasteiger partial charge is 0.493 e. The quantitative estimate of drug-likeness (QED) is 0.330. The lowest BCUT2D eigenvalue weighted by Gasteiger charge is -2.40. The van der Waals surface area contributed by atoms with Gasteiger partial charge in [0.05, 0.1) is 20.0 Å². The standard InChI is InChI=1S/C29H39N3O4/c1-23-6-8-26(24(2)18-23)36-21-29(34-4)10-14-31(15-11-29)20-25-7-9-27(33-3)28(19-25)35-17-5-13-32-16-12-30-22-32/h6-9,12,16,18-19,22H,5,10-11,13-15,17,20-21H2,1-4H3. The molecule has 1 saturated heterocycles. The van der Waals surface area contributed by atoms with Crippen LogP contribution in [0.5, 0.6) is 17.2 Å². The first kappa shape index (κ1) is 26.0. The molecule has 1 aliphatic rings. The Morgan fingerprint density at radius 3 is 2.44 bits per heavy atom. The van der Waals surface area contributed by atoms with E-state index in [1.54, 1.807) is 20.4 Å². The smallest absolute Gasteiger partial charge is 0.161 e. The molecule has 0 saturated carbocycles. The number of nitrogens with zero attached hydrogens (tertiary/aromatic N) is 3. The molecule has 1 fully saturated rings. The van der Waals surface area contributed by atoms with Gasteiger partial charge in [-0.2, -0.15) is 0 Å². The number of ether oxygens (including phenoxy) is 4. The van der Waals surface area contributed by atoms with Crippen LogP contribution in [0.1, 0.15) is 36.0 Å². The molecule has 3 aromatic rings. The number of benzene rings is 2. The Balaban J connectivity index is 1.29. The summed E-state index contributed by atoms with van der Waals surface area (Å²) in [5.74, 6) is 2.50. The second kappa shape index (κ2) is 12.3. The summed E-state index contributed by atoms with van der Waals surface area (Å²) in [5, 5.41) is 0. The molecule has 36 heavy (non-hydrogen) atoms. The lowest BCUT2D eigenvalue weighted by molar-refractivity contribution is -0.0840. The fourth-order valence-corrected chi connectivity index (χ4v) is 4.74. The van der Waals surface area contributed by atoms with Crippen molar-refractivity contribution in [3.05, 3.63) is 71.8 Å². The fourth-order valence-electron chi connectivity index (χ4n) is 4.74. The summed E-state index contributed by atoms with van der Waals surface area (Å²) < 4.78 is 25.9. The van der Waals surface area contributed by atoms with Crippen LogP contribution in [0.4, 0.5) is 0 Å². The molecular formula is C29H39N3O4. The first-order valence-corrected chi connectivity index (χ1v) is 12.7. The Labute approximate surface area is 215 Å². The first-order chi connectivity index (χ1) is 17.5. The fraction of sp³-hybridized carbons (Fsp3) is 0.483. The lowest BCUT2D eigenvalue weighted by atomic mass is 9.91. The van der Waals surface area contributed by atoms with Crippen molar-refractivity contribution in [2.24, 2.45) is 0 Å². The molecule has 0 N–H and O–H groups in total. The van der Waals surface area contributed by atoms with E-state index in [9.17, 15) is 0 Å². The maximum Gasteiger partial charge on any atom is 0.161 e. The van der Waals surface area contributed by atoms with Crippen molar-refractivity contribution in [1.82, 2.24) is 14.5 Å². The van der Waals surface area contributed by atoms with Gasteiger partial charge >= 0.3 is 0 Å². The molecule has 0 atom stereocenters. The van der Waals surface area contributed by atoms with Crippen molar-refractivity contribution < 1.29 is 18.9 Å². The number of aromatic nitrogens is 2. The highest BCUT2D eigenvalue weighted by molar-refractivity contribution is 5.43. The molecule has 0 bridgehead atoms. The summed E-state index contributed by atoms with van der Waals surface area (Å²) >= 11 is 0. The third-order valence-corrected chi connectivity index (χ3v) is 7.03. The van der Waals surface area contributed by atoms with Crippen LogP contribution in [0.2, 0.25) is 0 Å². The van der Waals surface area contributed by atoms with Crippen LogP contribution in [-0.2, 0) is 17.8 Å². The summed E-state index contributed by atoms with van der Waals surface area (Å²) in [4.78, 5) is 6.55. The van der Waals surface area contributed by atoms with Crippen LogP contribution in [0.25, 0.3) is 0 Å². The van der Waals surface area contributed by atoms with E-state index in [-0.39, 0.29) is 5.60 Å². The van der Waals surface area contributed by atoms with Gasteiger partial charge in [0.2, 0.25) is 0 Å². The molecule has 0 aliphatic carbocycles. The molecular weight excluding hydrogens is 454 g/mol. The lowest BCUT2D eigenvalue weighted by Crippen LogP contribution is -2.48. The second-order valence-corrected chi connectivity index (χ2v) is 9.71. The van der Waals surface area contributed by atoms with E-state index in [1.807, 2.05) is 18.6 Å². The van der Waals surface area contributed by atoms with Crippen molar-refractivity contribution in [3.8, 4) is 17.2 Å². The topological polar surface area (TPSA) is 58.0 Å². The highest BCUT2D eigenvalue weighted by atomic mass is 16.5. The number of hydrogen-bond donors (Lipinski definition) is 0. The molecule has 1 aromatic heterocycles. The van der Waals surface area contributed by atoms with Gasteiger partial charge in [0.1, 0.15) is 18.0 Å². The van der Waals surface area contributed by atoms with E-state index < -0.39 is 0 Å². The number of hydrogen-bond acceptors (Lipinski definition) is 6. The van der Waals surface area contributed by atoms with Gasteiger partial charge in [0.25, 0.3) is 0 Å². The summed E-state index contributed by atoms with van der Waals surface area (Å²) in [6.45, 7) is 9.05. The summed E-state index contributed by atoms with van der Waals surface area (Å²) in [6.07, 6.45) is 8.35. The van der Waals surface area contributed by atoms with Crippen LogP contribution in [0.15, 0.2) is 55.1 Å². The molecule has 194 valence electrons. The van der Waals surface area contributed by atoms with Crippen molar-refractivity contribution in [2.75, 3.05) is 40.5 Å².